The van der Waals surface area contributed by atoms with Crippen molar-refractivity contribution in [1.29, 1.82) is 0 Å². The third-order valence-electron chi connectivity index (χ3n) is 2.21. The Bertz CT molecular complexity index is 484. The van der Waals surface area contributed by atoms with Gasteiger partial charge in [0.1, 0.15) is 16.4 Å². The number of rotatable bonds is 5. The first-order valence-corrected chi connectivity index (χ1v) is 6.27. The Labute approximate surface area is 98.2 Å². The van der Waals surface area contributed by atoms with Gasteiger partial charge in [-0.15, -0.1) is 0 Å². The minimum Gasteiger partial charge on any atom is -0.464 e. The van der Waals surface area contributed by atoms with Gasteiger partial charge in [-0.1, -0.05) is 0 Å². The molecule has 2 N–H and O–H groups in total. The zero-order valence-corrected chi connectivity index (χ0v) is 10.3. The number of alkyl halides is 2. The van der Waals surface area contributed by atoms with Gasteiger partial charge in [-0.05, 0) is 6.92 Å². The predicted octanol–water partition coefficient (Wildman–Crippen LogP) is 0.932. The summed E-state index contributed by atoms with van der Waals surface area (Å²) in [5, 5.41) is 0. The average Bonchev–Trinajstić information content (AvgIpc) is 2.59. The lowest BCUT2D eigenvalue weighted by atomic mass is 10.4. The molecular weight excluding hydrogens is 254 g/mol. The molecule has 0 bridgehead atoms. The first kappa shape index (κ1) is 14.1. The largest absolute Gasteiger partial charge is 0.464 e. The van der Waals surface area contributed by atoms with Crippen LogP contribution in [0.1, 0.15) is 11.5 Å². The minimum absolute atomic E-state index is 0.0505. The van der Waals surface area contributed by atoms with Crippen LogP contribution < -0.4 is 5.73 Å². The Kier molecular flexibility index (Phi) is 4.23. The summed E-state index contributed by atoms with van der Waals surface area (Å²) < 4.78 is 53.8. The Morgan fingerprint density at radius 1 is 1.53 bits per heavy atom. The summed E-state index contributed by atoms with van der Waals surface area (Å²) in [6.45, 7) is 0.641. The Hall–Kier alpha value is -0.990. The summed E-state index contributed by atoms with van der Waals surface area (Å²) in [6, 6.07) is 1.26. The van der Waals surface area contributed by atoms with Crippen molar-refractivity contribution in [3.63, 3.8) is 0 Å². The molecule has 98 valence electrons. The van der Waals surface area contributed by atoms with Crippen molar-refractivity contribution in [2.24, 2.45) is 5.73 Å². The van der Waals surface area contributed by atoms with E-state index in [1.54, 1.807) is 0 Å². The maximum Gasteiger partial charge on any atom is 0.252 e. The van der Waals surface area contributed by atoms with Crippen molar-refractivity contribution in [3.05, 3.63) is 17.6 Å². The van der Waals surface area contributed by atoms with Gasteiger partial charge in [0.25, 0.3) is 6.43 Å². The number of hydrogen-bond acceptors (Lipinski definition) is 4. The maximum absolute atomic E-state index is 12.2. The van der Waals surface area contributed by atoms with E-state index in [0.717, 1.165) is 7.05 Å². The summed E-state index contributed by atoms with van der Waals surface area (Å²) in [4.78, 5) is -0.124. The fourth-order valence-corrected chi connectivity index (χ4v) is 2.67. The molecule has 8 heteroatoms. The van der Waals surface area contributed by atoms with Crippen LogP contribution in [0.15, 0.2) is 15.4 Å². The molecule has 0 radical (unpaired) electrons. The molecule has 0 saturated carbocycles. The van der Waals surface area contributed by atoms with Crippen molar-refractivity contribution in [1.82, 2.24) is 4.31 Å². The van der Waals surface area contributed by atoms with Gasteiger partial charge in [-0.3, -0.25) is 0 Å². The van der Waals surface area contributed by atoms with Crippen LogP contribution >= 0.6 is 0 Å². The molecule has 1 aromatic heterocycles. The lowest BCUT2D eigenvalue weighted by molar-refractivity contribution is 0.126. The van der Waals surface area contributed by atoms with E-state index in [4.69, 9.17) is 10.2 Å². The quantitative estimate of drug-likeness (QED) is 0.862. The molecule has 17 heavy (non-hydrogen) atoms. The highest BCUT2D eigenvalue weighted by Crippen LogP contribution is 2.23. The highest BCUT2D eigenvalue weighted by atomic mass is 32.2. The number of halogens is 2. The average molecular weight is 268 g/mol. The molecule has 0 atom stereocenters. The molecule has 0 fully saturated rings. The standard InChI is InChI=1S/C9H14F2N2O3S/c1-6-8(3-7(4-12)16-6)17(14,15)13(2)5-9(10)11/h3,9H,4-5,12H2,1-2H3. The fourth-order valence-electron chi connectivity index (χ4n) is 1.34. The lowest BCUT2D eigenvalue weighted by Gasteiger charge is -2.15. The lowest BCUT2D eigenvalue weighted by Crippen LogP contribution is -2.31. The highest BCUT2D eigenvalue weighted by Gasteiger charge is 2.27. The van der Waals surface area contributed by atoms with Gasteiger partial charge in [0.15, 0.2) is 0 Å². The van der Waals surface area contributed by atoms with Crippen LogP contribution in [0.25, 0.3) is 0 Å². The van der Waals surface area contributed by atoms with E-state index in [1.807, 2.05) is 0 Å². The van der Waals surface area contributed by atoms with E-state index in [-0.39, 0.29) is 17.2 Å². The molecule has 0 spiro atoms. The number of furan rings is 1. The second-order valence-corrected chi connectivity index (χ2v) is 5.53. The van der Waals surface area contributed by atoms with Crippen LogP contribution in [0.3, 0.4) is 0 Å². The highest BCUT2D eigenvalue weighted by molar-refractivity contribution is 7.89. The van der Waals surface area contributed by atoms with Gasteiger partial charge in [0, 0.05) is 13.1 Å². The SMILES string of the molecule is Cc1oc(CN)cc1S(=O)(=O)N(C)CC(F)F. The van der Waals surface area contributed by atoms with Gasteiger partial charge >= 0.3 is 0 Å². The van der Waals surface area contributed by atoms with Gasteiger partial charge in [-0.2, -0.15) is 4.31 Å². The molecular formula is C9H14F2N2O3S. The van der Waals surface area contributed by atoms with E-state index in [2.05, 4.69) is 0 Å². The van der Waals surface area contributed by atoms with Crippen molar-refractivity contribution >= 4 is 10.0 Å². The van der Waals surface area contributed by atoms with Crippen molar-refractivity contribution < 1.29 is 21.6 Å². The van der Waals surface area contributed by atoms with Gasteiger partial charge in [0.05, 0.1) is 13.1 Å². The van der Waals surface area contributed by atoms with Gasteiger partial charge in [-0.25, -0.2) is 17.2 Å². The molecule has 0 aliphatic heterocycles. The summed E-state index contributed by atoms with van der Waals surface area (Å²) in [5.41, 5.74) is 5.31. The molecule has 0 saturated heterocycles. The van der Waals surface area contributed by atoms with Gasteiger partial charge < -0.3 is 10.2 Å². The van der Waals surface area contributed by atoms with E-state index in [0.29, 0.717) is 10.1 Å². The molecule has 0 aromatic carbocycles. The molecule has 1 heterocycles. The molecule has 5 nitrogen and oxygen atoms in total. The number of nitrogens with zero attached hydrogens (tertiary/aromatic N) is 1. The number of aryl methyl sites for hydroxylation is 1. The van der Waals surface area contributed by atoms with Gasteiger partial charge in [0.2, 0.25) is 10.0 Å². The van der Waals surface area contributed by atoms with Crippen LogP contribution in [0.4, 0.5) is 8.78 Å². The van der Waals surface area contributed by atoms with E-state index < -0.39 is 23.0 Å². The molecule has 0 aliphatic carbocycles. The van der Waals surface area contributed by atoms with Crippen LogP contribution in [-0.2, 0) is 16.6 Å². The second kappa shape index (κ2) is 5.11. The first-order chi connectivity index (χ1) is 7.78. The van der Waals surface area contributed by atoms with E-state index >= 15 is 0 Å². The topological polar surface area (TPSA) is 76.5 Å². The van der Waals surface area contributed by atoms with Crippen molar-refractivity contribution in [3.8, 4) is 0 Å². The second-order valence-electron chi connectivity index (χ2n) is 3.51. The monoisotopic (exact) mass is 268 g/mol. The normalized spacial score (nSPS) is 12.6. The smallest absolute Gasteiger partial charge is 0.252 e. The summed E-state index contributed by atoms with van der Waals surface area (Å²) >= 11 is 0. The number of hydrogen-bond donors (Lipinski definition) is 1. The van der Waals surface area contributed by atoms with Crippen molar-refractivity contribution in [2.45, 2.75) is 24.8 Å². The molecule has 0 amide bonds. The zero-order valence-electron chi connectivity index (χ0n) is 9.48. The fraction of sp³-hybridized carbons (Fsp3) is 0.556. The third-order valence-corrected chi connectivity index (χ3v) is 4.14. The van der Waals surface area contributed by atoms with Crippen molar-refractivity contribution in [2.75, 3.05) is 13.6 Å². The molecule has 1 rings (SSSR count). The summed E-state index contributed by atoms with van der Waals surface area (Å²) in [6.07, 6.45) is -2.73. The van der Waals surface area contributed by atoms with Crippen LogP contribution in [-0.4, -0.2) is 32.7 Å². The minimum atomic E-state index is -3.95. The van der Waals surface area contributed by atoms with Crippen LogP contribution in [0, 0.1) is 6.92 Å². The molecule has 1 aromatic rings. The zero-order chi connectivity index (χ0) is 13.2. The maximum atomic E-state index is 12.2. The van der Waals surface area contributed by atoms with Crippen LogP contribution in [0.2, 0.25) is 0 Å². The molecule has 0 aliphatic rings. The predicted molar refractivity (Wildman–Crippen MR) is 57.2 cm³/mol. The van der Waals surface area contributed by atoms with Crippen LogP contribution in [0.5, 0.6) is 0 Å². The summed E-state index contributed by atoms with van der Waals surface area (Å²) in [5.74, 6) is 0.443. The Morgan fingerprint density at radius 2 is 2.12 bits per heavy atom. The number of sulfonamides is 1. The Balaban J connectivity index is 3.08. The first-order valence-electron chi connectivity index (χ1n) is 4.83. The third kappa shape index (κ3) is 3.02. The van der Waals surface area contributed by atoms with E-state index in [9.17, 15) is 17.2 Å². The molecule has 0 unspecified atom stereocenters. The van der Waals surface area contributed by atoms with E-state index in [1.165, 1.54) is 13.0 Å². The summed E-state index contributed by atoms with van der Waals surface area (Å²) in [7, 11) is -2.86. The number of nitrogens with two attached hydrogens (primary N) is 1. The Morgan fingerprint density at radius 3 is 2.53 bits per heavy atom.